The summed E-state index contributed by atoms with van der Waals surface area (Å²) in [7, 11) is 2.00. The van der Waals surface area contributed by atoms with E-state index >= 15 is 0 Å². The highest BCUT2D eigenvalue weighted by molar-refractivity contribution is 5.31. The molecule has 0 saturated carbocycles. The molecule has 0 spiro atoms. The third-order valence-electron chi connectivity index (χ3n) is 4.75. The molecule has 0 amide bonds. The number of para-hydroxylation sites is 1. The smallest absolute Gasteiger partial charge is 0.123 e. The third kappa shape index (κ3) is 5.68. The topological polar surface area (TPSA) is 37.6 Å². The lowest BCUT2D eigenvalue weighted by Crippen LogP contribution is -2.35. The first-order valence-corrected chi connectivity index (χ1v) is 9.45. The molecule has 0 bridgehead atoms. The average Bonchev–Trinajstić information content (AvgIpc) is 3.07. The minimum atomic E-state index is -0.639. The molecule has 0 unspecified atom stereocenters. The molecule has 0 aliphatic carbocycles. The van der Waals surface area contributed by atoms with Crippen molar-refractivity contribution in [2.75, 3.05) is 13.2 Å². The molecule has 28 heavy (non-hydrogen) atoms. The summed E-state index contributed by atoms with van der Waals surface area (Å²) < 4.78 is 21.1. The lowest BCUT2D eigenvalue weighted by Gasteiger charge is -2.26. The van der Waals surface area contributed by atoms with Crippen molar-refractivity contribution in [3.05, 3.63) is 89.5 Å². The van der Waals surface area contributed by atoms with Crippen LogP contribution in [0.2, 0.25) is 0 Å². The van der Waals surface area contributed by atoms with Crippen LogP contribution in [0.15, 0.2) is 66.9 Å². The molecule has 148 valence electrons. The first-order valence-electron chi connectivity index (χ1n) is 9.45. The van der Waals surface area contributed by atoms with Crippen LogP contribution >= 0.6 is 0 Å². The number of aliphatic hydroxyl groups excluding tert-OH is 1. The molecule has 2 aromatic carbocycles. The van der Waals surface area contributed by atoms with Gasteiger partial charge in [0.15, 0.2) is 0 Å². The van der Waals surface area contributed by atoms with E-state index < -0.39 is 6.10 Å². The number of aliphatic hydroxyl groups is 1. The second kappa shape index (κ2) is 9.53. The molecule has 0 aliphatic rings. The Bertz CT molecular complexity index is 876. The third-order valence-corrected chi connectivity index (χ3v) is 4.75. The zero-order chi connectivity index (χ0) is 19.9. The highest BCUT2D eigenvalue weighted by atomic mass is 19.1. The number of hydrogen-bond acceptors (Lipinski definition) is 3. The van der Waals surface area contributed by atoms with Gasteiger partial charge in [-0.3, -0.25) is 4.90 Å². The first-order chi connectivity index (χ1) is 13.5. The number of nitrogens with zero attached hydrogens (tertiary/aromatic N) is 2. The molecule has 1 aromatic heterocycles. The predicted octanol–water partition coefficient (Wildman–Crippen LogP) is 3.91. The van der Waals surface area contributed by atoms with Gasteiger partial charge in [0.1, 0.15) is 24.3 Å². The fraction of sp³-hybridized carbons (Fsp3) is 0.304. The summed E-state index contributed by atoms with van der Waals surface area (Å²) >= 11 is 0. The summed E-state index contributed by atoms with van der Waals surface area (Å²) in [4.78, 5) is 2.15. The summed E-state index contributed by atoms with van der Waals surface area (Å²) in [5.41, 5.74) is 3.19. The van der Waals surface area contributed by atoms with Crippen LogP contribution in [0.5, 0.6) is 5.75 Å². The molecule has 3 aromatic rings. The fourth-order valence-corrected chi connectivity index (χ4v) is 3.18. The van der Waals surface area contributed by atoms with E-state index in [2.05, 4.69) is 15.5 Å². The molecule has 4 nitrogen and oxygen atoms in total. The van der Waals surface area contributed by atoms with Gasteiger partial charge in [-0.05, 0) is 48.4 Å². The first kappa shape index (κ1) is 20.1. The Balaban J connectivity index is 1.64. The number of halogens is 1. The Hall–Kier alpha value is -2.63. The van der Waals surface area contributed by atoms with Gasteiger partial charge in [-0.25, -0.2) is 4.39 Å². The number of rotatable bonds is 9. The van der Waals surface area contributed by atoms with E-state index in [9.17, 15) is 9.50 Å². The Morgan fingerprint density at radius 2 is 1.79 bits per heavy atom. The summed E-state index contributed by atoms with van der Waals surface area (Å²) in [6.45, 7) is 3.96. The largest absolute Gasteiger partial charge is 0.491 e. The van der Waals surface area contributed by atoms with Crippen LogP contribution in [0.1, 0.15) is 16.8 Å². The number of aryl methyl sites for hydroxylation is 2. The molecule has 3 rings (SSSR count). The van der Waals surface area contributed by atoms with Crippen LogP contribution in [0, 0.1) is 12.7 Å². The fourth-order valence-electron chi connectivity index (χ4n) is 3.18. The molecule has 1 heterocycles. The maximum Gasteiger partial charge on any atom is 0.123 e. The van der Waals surface area contributed by atoms with Crippen LogP contribution in [-0.4, -0.2) is 33.8 Å². The van der Waals surface area contributed by atoms with Gasteiger partial charge in [-0.15, -0.1) is 0 Å². The number of aromatic nitrogens is 1. The van der Waals surface area contributed by atoms with Crippen LogP contribution in [-0.2, 0) is 20.1 Å². The van der Waals surface area contributed by atoms with Crippen molar-refractivity contribution in [3.63, 3.8) is 0 Å². The monoisotopic (exact) mass is 382 g/mol. The average molecular weight is 382 g/mol. The van der Waals surface area contributed by atoms with Crippen molar-refractivity contribution in [2.45, 2.75) is 26.1 Å². The zero-order valence-corrected chi connectivity index (χ0v) is 16.4. The van der Waals surface area contributed by atoms with Crippen LogP contribution < -0.4 is 4.74 Å². The van der Waals surface area contributed by atoms with Crippen molar-refractivity contribution in [1.29, 1.82) is 0 Å². The molecule has 1 N–H and O–H groups in total. The second-order valence-electron chi connectivity index (χ2n) is 7.14. The normalized spacial score (nSPS) is 12.3. The van der Waals surface area contributed by atoms with Gasteiger partial charge in [-0.1, -0.05) is 30.3 Å². The SMILES string of the molecule is Cc1ccccc1OC[C@H](O)CN(Cc1ccc(F)cc1)Cc1cccn1C. The van der Waals surface area contributed by atoms with E-state index in [1.165, 1.54) is 12.1 Å². The highest BCUT2D eigenvalue weighted by Gasteiger charge is 2.15. The Morgan fingerprint density at radius 1 is 1.04 bits per heavy atom. The maximum atomic E-state index is 13.2. The van der Waals surface area contributed by atoms with Crippen molar-refractivity contribution >= 4 is 0 Å². The van der Waals surface area contributed by atoms with Gasteiger partial charge in [0.25, 0.3) is 0 Å². The van der Waals surface area contributed by atoms with Gasteiger partial charge < -0.3 is 14.4 Å². The van der Waals surface area contributed by atoms with Crippen molar-refractivity contribution in [2.24, 2.45) is 7.05 Å². The van der Waals surface area contributed by atoms with E-state index in [0.717, 1.165) is 22.6 Å². The Morgan fingerprint density at radius 3 is 2.46 bits per heavy atom. The zero-order valence-electron chi connectivity index (χ0n) is 16.4. The molecular formula is C23H27FN2O2. The molecule has 0 saturated heterocycles. The number of ether oxygens (including phenoxy) is 1. The van der Waals surface area contributed by atoms with Gasteiger partial charge in [0, 0.05) is 38.6 Å². The molecule has 0 fully saturated rings. The van der Waals surface area contributed by atoms with E-state index in [1.54, 1.807) is 12.1 Å². The van der Waals surface area contributed by atoms with Gasteiger partial charge >= 0.3 is 0 Å². The van der Waals surface area contributed by atoms with E-state index in [0.29, 0.717) is 19.6 Å². The lowest BCUT2D eigenvalue weighted by atomic mass is 10.2. The summed E-state index contributed by atoms with van der Waals surface area (Å²) in [6, 6.07) is 18.3. The predicted molar refractivity (Wildman–Crippen MR) is 109 cm³/mol. The molecular weight excluding hydrogens is 355 g/mol. The second-order valence-corrected chi connectivity index (χ2v) is 7.14. The van der Waals surface area contributed by atoms with Gasteiger partial charge in [0.2, 0.25) is 0 Å². The molecule has 5 heteroatoms. The van der Waals surface area contributed by atoms with Crippen LogP contribution in [0.4, 0.5) is 4.39 Å². The van der Waals surface area contributed by atoms with E-state index in [-0.39, 0.29) is 12.4 Å². The summed E-state index contributed by atoms with van der Waals surface area (Å²) in [5.74, 6) is 0.540. The quantitative estimate of drug-likeness (QED) is 0.610. The van der Waals surface area contributed by atoms with Gasteiger partial charge in [0.05, 0.1) is 0 Å². The maximum absolute atomic E-state index is 13.2. The molecule has 1 atom stereocenters. The molecule has 0 radical (unpaired) electrons. The minimum absolute atomic E-state index is 0.220. The van der Waals surface area contributed by atoms with Crippen molar-refractivity contribution < 1.29 is 14.2 Å². The number of hydrogen-bond donors (Lipinski definition) is 1. The number of benzene rings is 2. The lowest BCUT2D eigenvalue weighted by molar-refractivity contribution is 0.0619. The Kier molecular flexibility index (Phi) is 6.85. The minimum Gasteiger partial charge on any atom is -0.491 e. The summed E-state index contributed by atoms with van der Waals surface area (Å²) in [6.07, 6.45) is 1.36. The van der Waals surface area contributed by atoms with Crippen molar-refractivity contribution in [3.8, 4) is 5.75 Å². The summed E-state index contributed by atoms with van der Waals surface area (Å²) in [5, 5.41) is 10.6. The Labute approximate surface area is 165 Å². The van der Waals surface area contributed by atoms with E-state index in [1.807, 2.05) is 50.5 Å². The standard InChI is InChI=1S/C23H27FN2O2/c1-18-6-3-4-8-23(18)28-17-22(27)16-26(15-21-7-5-13-25(21)2)14-19-9-11-20(24)12-10-19/h3-13,22,27H,14-17H2,1-2H3/t22-/m1/s1. The van der Waals surface area contributed by atoms with Crippen molar-refractivity contribution in [1.82, 2.24) is 9.47 Å². The van der Waals surface area contributed by atoms with E-state index in [4.69, 9.17) is 4.74 Å². The van der Waals surface area contributed by atoms with Crippen LogP contribution in [0.25, 0.3) is 0 Å². The van der Waals surface area contributed by atoms with Gasteiger partial charge in [-0.2, -0.15) is 0 Å². The van der Waals surface area contributed by atoms with Crippen LogP contribution in [0.3, 0.4) is 0 Å². The molecule has 0 aliphatic heterocycles. The highest BCUT2D eigenvalue weighted by Crippen LogP contribution is 2.17.